The summed E-state index contributed by atoms with van der Waals surface area (Å²) in [5.41, 5.74) is 0.737. The van der Waals surface area contributed by atoms with E-state index in [0.717, 1.165) is 25.1 Å². The largest absolute Gasteiger partial charge is 0.376 e. The molecule has 2 aromatic rings. The van der Waals surface area contributed by atoms with Gasteiger partial charge in [0, 0.05) is 12.8 Å². The Hall–Kier alpha value is -2.06. The highest BCUT2D eigenvalue weighted by atomic mass is 32.1. The lowest BCUT2D eigenvalue weighted by Crippen LogP contribution is -2.42. The van der Waals surface area contributed by atoms with Crippen LogP contribution in [0, 0.1) is 0 Å². The van der Waals surface area contributed by atoms with Crippen LogP contribution in [0.2, 0.25) is 0 Å². The molecule has 1 saturated heterocycles. The third kappa shape index (κ3) is 3.58. The summed E-state index contributed by atoms with van der Waals surface area (Å²) in [7, 11) is 0. The smallest absolute Gasteiger partial charge is 0.321 e. The molecule has 0 spiro atoms. The lowest BCUT2D eigenvalue weighted by Gasteiger charge is -2.19. The third-order valence-electron chi connectivity index (χ3n) is 3.41. The van der Waals surface area contributed by atoms with Gasteiger partial charge in [-0.15, -0.1) is 10.2 Å². The second-order valence-corrected chi connectivity index (χ2v) is 6.04. The average Bonchev–Trinajstić information content (AvgIpc) is 3.19. The van der Waals surface area contributed by atoms with Crippen molar-refractivity contribution in [2.75, 3.05) is 11.9 Å². The van der Waals surface area contributed by atoms with Gasteiger partial charge < -0.3 is 10.1 Å². The van der Waals surface area contributed by atoms with E-state index < -0.39 is 0 Å². The Morgan fingerprint density at radius 3 is 3.09 bits per heavy atom. The molecular formula is C14H17N5O2S. The van der Waals surface area contributed by atoms with Crippen molar-refractivity contribution in [2.45, 2.75) is 31.9 Å². The minimum absolute atomic E-state index is 0.0364. The van der Waals surface area contributed by atoms with Crippen molar-refractivity contribution in [2.24, 2.45) is 0 Å². The van der Waals surface area contributed by atoms with E-state index in [1.807, 2.05) is 25.1 Å². The fraction of sp³-hybridized carbons (Fsp3) is 0.429. The summed E-state index contributed by atoms with van der Waals surface area (Å²) in [6, 6.07) is 5.23. The zero-order chi connectivity index (χ0) is 15.4. The Morgan fingerprint density at radius 1 is 1.45 bits per heavy atom. The number of nitrogens with zero attached hydrogens (tertiary/aromatic N) is 3. The van der Waals surface area contributed by atoms with Gasteiger partial charge in [0.1, 0.15) is 5.69 Å². The van der Waals surface area contributed by atoms with E-state index in [-0.39, 0.29) is 18.2 Å². The normalized spacial score (nSPS) is 18.9. The Bertz CT molecular complexity index is 627. The molecule has 8 heteroatoms. The molecule has 0 bridgehead atoms. The predicted molar refractivity (Wildman–Crippen MR) is 83.7 cm³/mol. The molecule has 2 amide bonds. The highest BCUT2D eigenvalue weighted by molar-refractivity contribution is 7.18. The molecule has 2 atom stereocenters. The molecule has 2 N–H and O–H groups in total. The number of amides is 2. The van der Waals surface area contributed by atoms with Crippen LogP contribution in [0.25, 0.3) is 10.7 Å². The number of urea groups is 1. The molecule has 3 rings (SSSR count). The quantitative estimate of drug-likeness (QED) is 0.902. The summed E-state index contributed by atoms with van der Waals surface area (Å²) >= 11 is 1.29. The highest BCUT2D eigenvalue weighted by Crippen LogP contribution is 2.24. The van der Waals surface area contributed by atoms with Crippen LogP contribution < -0.4 is 10.6 Å². The van der Waals surface area contributed by atoms with E-state index in [9.17, 15) is 4.79 Å². The van der Waals surface area contributed by atoms with Gasteiger partial charge in [0.05, 0.1) is 12.1 Å². The highest BCUT2D eigenvalue weighted by Gasteiger charge is 2.23. The Labute approximate surface area is 132 Å². The van der Waals surface area contributed by atoms with E-state index in [1.54, 1.807) is 6.20 Å². The maximum Gasteiger partial charge on any atom is 0.321 e. The summed E-state index contributed by atoms with van der Waals surface area (Å²) in [6.45, 7) is 2.71. The molecule has 0 saturated carbocycles. The fourth-order valence-corrected chi connectivity index (χ4v) is 3.01. The second-order valence-electron chi connectivity index (χ2n) is 5.07. The summed E-state index contributed by atoms with van der Waals surface area (Å²) < 4.78 is 5.55. The monoisotopic (exact) mass is 319 g/mol. The molecule has 1 aliphatic rings. The van der Waals surface area contributed by atoms with Gasteiger partial charge in [-0.1, -0.05) is 17.4 Å². The lowest BCUT2D eigenvalue weighted by molar-refractivity contribution is 0.0868. The van der Waals surface area contributed by atoms with E-state index in [1.165, 1.54) is 11.3 Å². The summed E-state index contributed by atoms with van der Waals surface area (Å²) in [4.78, 5) is 16.2. The van der Waals surface area contributed by atoms with E-state index in [0.29, 0.717) is 10.1 Å². The van der Waals surface area contributed by atoms with Crippen LogP contribution in [0.4, 0.5) is 9.93 Å². The Balaban J connectivity index is 1.57. The van der Waals surface area contributed by atoms with E-state index in [2.05, 4.69) is 25.8 Å². The topological polar surface area (TPSA) is 89.0 Å². The SMILES string of the molecule is C[C@H](NC(=O)Nc1nnc(-c2ccccn2)s1)[C@H]1CCCO1. The number of hydrogen-bond acceptors (Lipinski definition) is 6. The molecule has 0 unspecified atom stereocenters. The van der Waals surface area contributed by atoms with Crippen molar-refractivity contribution < 1.29 is 9.53 Å². The van der Waals surface area contributed by atoms with Gasteiger partial charge in [0.2, 0.25) is 5.13 Å². The molecule has 116 valence electrons. The van der Waals surface area contributed by atoms with Crippen molar-refractivity contribution in [3.05, 3.63) is 24.4 Å². The average molecular weight is 319 g/mol. The van der Waals surface area contributed by atoms with Crippen LogP contribution in [0.15, 0.2) is 24.4 Å². The van der Waals surface area contributed by atoms with Crippen LogP contribution in [-0.4, -0.2) is 40.0 Å². The van der Waals surface area contributed by atoms with E-state index >= 15 is 0 Å². The number of aromatic nitrogens is 3. The number of carbonyl (C=O) groups is 1. The molecule has 0 radical (unpaired) electrons. The predicted octanol–water partition coefficient (Wildman–Crippen LogP) is 2.29. The molecule has 1 fully saturated rings. The maximum atomic E-state index is 12.0. The summed E-state index contributed by atoms with van der Waals surface area (Å²) in [5, 5.41) is 14.7. The van der Waals surface area contributed by atoms with Crippen LogP contribution in [0.3, 0.4) is 0 Å². The molecule has 7 nitrogen and oxygen atoms in total. The van der Waals surface area contributed by atoms with Gasteiger partial charge >= 0.3 is 6.03 Å². The van der Waals surface area contributed by atoms with Crippen LogP contribution in [-0.2, 0) is 4.74 Å². The lowest BCUT2D eigenvalue weighted by atomic mass is 10.1. The first-order chi connectivity index (χ1) is 10.7. The maximum absolute atomic E-state index is 12.0. The Morgan fingerprint density at radius 2 is 2.36 bits per heavy atom. The minimum atomic E-state index is -0.299. The first kappa shape index (κ1) is 14.9. The van der Waals surface area contributed by atoms with Crippen LogP contribution >= 0.6 is 11.3 Å². The van der Waals surface area contributed by atoms with Crippen LogP contribution in [0.1, 0.15) is 19.8 Å². The van der Waals surface area contributed by atoms with Gasteiger partial charge in [-0.25, -0.2) is 4.79 Å². The number of rotatable bonds is 4. The van der Waals surface area contributed by atoms with Gasteiger partial charge in [-0.2, -0.15) is 0 Å². The molecule has 1 aliphatic heterocycles. The molecule has 0 aromatic carbocycles. The number of anilines is 1. The first-order valence-corrected chi connectivity index (χ1v) is 7.98. The molecule has 3 heterocycles. The zero-order valence-corrected chi connectivity index (χ0v) is 13.0. The second kappa shape index (κ2) is 6.80. The summed E-state index contributed by atoms with van der Waals surface area (Å²) in [5.74, 6) is 0. The standard InChI is InChI=1S/C14H17N5O2S/c1-9(11-6-4-8-21-11)16-13(20)17-14-19-18-12(22-14)10-5-2-3-7-15-10/h2-3,5,7,9,11H,4,6,8H2,1H3,(H2,16,17,19,20)/t9-,11+/m0/s1. The van der Waals surface area contributed by atoms with Crippen molar-refractivity contribution >= 4 is 22.5 Å². The third-order valence-corrected chi connectivity index (χ3v) is 4.27. The molecule has 22 heavy (non-hydrogen) atoms. The fourth-order valence-electron chi connectivity index (χ4n) is 2.30. The molecule has 2 aromatic heterocycles. The molecule has 0 aliphatic carbocycles. The van der Waals surface area contributed by atoms with Crippen LogP contribution in [0.5, 0.6) is 0 Å². The number of carbonyl (C=O) groups excluding carboxylic acids is 1. The minimum Gasteiger partial charge on any atom is -0.376 e. The number of pyridine rings is 1. The first-order valence-electron chi connectivity index (χ1n) is 7.16. The van der Waals surface area contributed by atoms with Gasteiger partial charge in [0.15, 0.2) is 5.01 Å². The van der Waals surface area contributed by atoms with Crippen molar-refractivity contribution in [1.29, 1.82) is 0 Å². The van der Waals surface area contributed by atoms with Crippen molar-refractivity contribution in [3.63, 3.8) is 0 Å². The van der Waals surface area contributed by atoms with Gasteiger partial charge in [0.25, 0.3) is 0 Å². The van der Waals surface area contributed by atoms with Crippen molar-refractivity contribution in [1.82, 2.24) is 20.5 Å². The van der Waals surface area contributed by atoms with E-state index in [4.69, 9.17) is 4.74 Å². The number of ether oxygens (including phenoxy) is 1. The Kier molecular flexibility index (Phi) is 4.59. The number of nitrogens with one attached hydrogen (secondary N) is 2. The van der Waals surface area contributed by atoms with Gasteiger partial charge in [-0.05, 0) is 31.9 Å². The van der Waals surface area contributed by atoms with Crippen molar-refractivity contribution in [3.8, 4) is 10.7 Å². The van der Waals surface area contributed by atoms with Gasteiger partial charge in [-0.3, -0.25) is 10.3 Å². The molecular weight excluding hydrogens is 302 g/mol. The zero-order valence-electron chi connectivity index (χ0n) is 12.2. The summed E-state index contributed by atoms with van der Waals surface area (Å²) in [6.07, 6.45) is 3.80. The number of hydrogen-bond donors (Lipinski definition) is 2.